The minimum absolute atomic E-state index is 0.819. The normalized spacial score (nSPS) is 17.3. The Bertz CT molecular complexity index is 798. The molecule has 0 radical (unpaired) electrons. The van der Waals surface area contributed by atoms with Crippen LogP contribution in [0.25, 0.3) is 0 Å². The molecule has 4 rings (SSSR count). The molecule has 148 valence electrons. The topological polar surface area (TPSA) is 40.1 Å². The number of fused-ring (bicyclic) bond motifs is 1. The average molecular weight is 379 g/mol. The minimum atomic E-state index is 0.819. The number of aliphatic imine (C=N–C) groups is 1. The third kappa shape index (κ3) is 4.65. The molecule has 0 aromatic heterocycles. The smallest absolute Gasteiger partial charge is 0.193 e. The van der Waals surface area contributed by atoms with Gasteiger partial charge in [-0.1, -0.05) is 42.5 Å². The molecule has 5 nitrogen and oxygen atoms in total. The van der Waals surface area contributed by atoms with Crippen LogP contribution in [-0.4, -0.2) is 62.1 Å². The van der Waals surface area contributed by atoms with Gasteiger partial charge in [0.2, 0.25) is 0 Å². The van der Waals surface area contributed by atoms with Gasteiger partial charge in [-0.15, -0.1) is 0 Å². The van der Waals surface area contributed by atoms with Crippen LogP contribution in [0.4, 0.5) is 0 Å². The monoisotopic (exact) mass is 378 g/mol. The molecule has 0 bridgehead atoms. The summed E-state index contributed by atoms with van der Waals surface area (Å²) in [5, 5.41) is 3.55. The molecule has 0 atom stereocenters. The van der Waals surface area contributed by atoms with Crippen molar-refractivity contribution in [2.75, 3.05) is 46.4 Å². The first kappa shape index (κ1) is 18.8. The summed E-state index contributed by atoms with van der Waals surface area (Å²) in [4.78, 5) is 9.40. The van der Waals surface area contributed by atoms with Crippen molar-refractivity contribution in [2.24, 2.45) is 4.99 Å². The number of piperazine rings is 1. The molecule has 2 aromatic carbocycles. The zero-order chi connectivity index (χ0) is 19.2. The van der Waals surface area contributed by atoms with Crippen LogP contribution in [-0.2, 0) is 19.4 Å². The van der Waals surface area contributed by atoms with Gasteiger partial charge in [0.1, 0.15) is 5.75 Å². The van der Waals surface area contributed by atoms with Gasteiger partial charge in [-0.05, 0) is 29.2 Å². The van der Waals surface area contributed by atoms with Crippen LogP contribution < -0.4 is 10.1 Å². The van der Waals surface area contributed by atoms with Crippen LogP contribution in [0.2, 0.25) is 0 Å². The van der Waals surface area contributed by atoms with E-state index in [4.69, 9.17) is 4.74 Å². The Kier molecular flexibility index (Phi) is 6.12. The lowest BCUT2D eigenvalue weighted by Crippen LogP contribution is -2.52. The van der Waals surface area contributed by atoms with Gasteiger partial charge in [-0.2, -0.15) is 0 Å². The highest BCUT2D eigenvalue weighted by molar-refractivity contribution is 5.80. The van der Waals surface area contributed by atoms with Crippen LogP contribution in [0.1, 0.15) is 16.7 Å². The summed E-state index contributed by atoms with van der Waals surface area (Å²) in [7, 11) is 1.88. The maximum atomic E-state index is 5.59. The van der Waals surface area contributed by atoms with E-state index in [9.17, 15) is 0 Å². The predicted molar refractivity (Wildman–Crippen MR) is 114 cm³/mol. The zero-order valence-corrected chi connectivity index (χ0v) is 16.7. The standard InChI is InChI=1S/C23H30N4O/c1-24-23(25-11-9-19-7-8-22-21(17-19)10-16-28-22)27-14-12-26(13-15-27)18-20-5-3-2-4-6-20/h2-8,17H,9-16,18H2,1H3,(H,24,25). The Morgan fingerprint density at radius 2 is 1.86 bits per heavy atom. The van der Waals surface area contributed by atoms with Crippen molar-refractivity contribution in [2.45, 2.75) is 19.4 Å². The summed E-state index contributed by atoms with van der Waals surface area (Å²) < 4.78 is 5.59. The lowest BCUT2D eigenvalue weighted by atomic mass is 10.1. The van der Waals surface area contributed by atoms with E-state index in [-0.39, 0.29) is 0 Å². The lowest BCUT2D eigenvalue weighted by molar-refractivity contribution is 0.172. The van der Waals surface area contributed by atoms with Gasteiger partial charge in [0.25, 0.3) is 0 Å². The van der Waals surface area contributed by atoms with Crippen LogP contribution >= 0.6 is 0 Å². The number of benzene rings is 2. The van der Waals surface area contributed by atoms with Crippen molar-refractivity contribution in [1.82, 2.24) is 15.1 Å². The fraction of sp³-hybridized carbons (Fsp3) is 0.435. The SMILES string of the molecule is CN=C(NCCc1ccc2c(c1)CCO2)N1CCN(Cc2ccccc2)CC1. The first-order chi connectivity index (χ1) is 13.8. The Morgan fingerprint density at radius 3 is 2.64 bits per heavy atom. The van der Waals surface area contributed by atoms with E-state index in [1.54, 1.807) is 0 Å². The van der Waals surface area contributed by atoms with Gasteiger partial charge in [0.15, 0.2) is 5.96 Å². The Hall–Kier alpha value is -2.53. The summed E-state index contributed by atoms with van der Waals surface area (Å²) in [5.41, 5.74) is 4.09. The second kappa shape index (κ2) is 9.11. The number of hydrogen-bond donors (Lipinski definition) is 1. The second-order valence-corrected chi connectivity index (χ2v) is 7.51. The van der Waals surface area contributed by atoms with Crippen LogP contribution in [0.15, 0.2) is 53.5 Å². The molecule has 2 heterocycles. The lowest BCUT2D eigenvalue weighted by Gasteiger charge is -2.36. The molecular weight excluding hydrogens is 348 g/mol. The molecule has 2 aliphatic rings. The number of guanidine groups is 1. The molecule has 1 saturated heterocycles. The number of hydrogen-bond acceptors (Lipinski definition) is 3. The molecule has 2 aliphatic heterocycles. The molecule has 1 N–H and O–H groups in total. The Labute approximate surface area is 168 Å². The molecule has 0 aliphatic carbocycles. The molecule has 5 heteroatoms. The van der Waals surface area contributed by atoms with Crippen molar-refractivity contribution in [1.29, 1.82) is 0 Å². The second-order valence-electron chi connectivity index (χ2n) is 7.51. The van der Waals surface area contributed by atoms with E-state index in [0.717, 1.165) is 70.4 Å². The molecular formula is C23H30N4O. The first-order valence-electron chi connectivity index (χ1n) is 10.3. The molecule has 0 amide bonds. The number of nitrogens with zero attached hydrogens (tertiary/aromatic N) is 3. The van der Waals surface area contributed by atoms with E-state index in [1.165, 1.54) is 16.7 Å². The summed E-state index contributed by atoms with van der Waals surface area (Å²) in [6.45, 7) is 6.92. The van der Waals surface area contributed by atoms with E-state index < -0.39 is 0 Å². The van der Waals surface area contributed by atoms with Crippen LogP contribution in [0.3, 0.4) is 0 Å². The molecule has 0 saturated carbocycles. The van der Waals surface area contributed by atoms with Crippen LogP contribution in [0.5, 0.6) is 5.75 Å². The zero-order valence-electron chi connectivity index (χ0n) is 16.7. The minimum Gasteiger partial charge on any atom is -0.493 e. The van der Waals surface area contributed by atoms with Crippen molar-refractivity contribution in [3.8, 4) is 5.75 Å². The average Bonchev–Trinajstić information content (AvgIpc) is 3.21. The number of rotatable bonds is 5. The summed E-state index contributed by atoms with van der Waals surface area (Å²) in [5.74, 6) is 2.07. The maximum absolute atomic E-state index is 5.59. The predicted octanol–water partition coefficient (Wildman–Crippen LogP) is 2.56. The molecule has 1 fully saturated rings. The maximum Gasteiger partial charge on any atom is 0.193 e. The van der Waals surface area contributed by atoms with E-state index in [1.807, 2.05) is 7.05 Å². The quantitative estimate of drug-likeness (QED) is 0.641. The highest BCUT2D eigenvalue weighted by Gasteiger charge is 2.19. The van der Waals surface area contributed by atoms with Gasteiger partial charge in [-0.25, -0.2) is 0 Å². The fourth-order valence-corrected chi connectivity index (χ4v) is 4.01. The summed E-state index contributed by atoms with van der Waals surface area (Å²) in [6, 6.07) is 17.3. The number of ether oxygens (including phenoxy) is 1. The highest BCUT2D eigenvalue weighted by atomic mass is 16.5. The van der Waals surface area contributed by atoms with E-state index in [0.29, 0.717) is 0 Å². The van der Waals surface area contributed by atoms with Gasteiger partial charge in [0, 0.05) is 52.7 Å². The van der Waals surface area contributed by atoms with Crippen molar-refractivity contribution >= 4 is 5.96 Å². The molecule has 0 spiro atoms. The third-order valence-corrected chi connectivity index (χ3v) is 5.58. The largest absolute Gasteiger partial charge is 0.493 e. The summed E-state index contributed by atoms with van der Waals surface area (Å²) in [6.07, 6.45) is 2.03. The molecule has 28 heavy (non-hydrogen) atoms. The van der Waals surface area contributed by atoms with Crippen molar-refractivity contribution in [3.63, 3.8) is 0 Å². The molecule has 0 unspecified atom stereocenters. The van der Waals surface area contributed by atoms with Gasteiger partial charge < -0.3 is 15.0 Å². The van der Waals surface area contributed by atoms with Gasteiger partial charge in [0.05, 0.1) is 6.61 Å². The fourth-order valence-electron chi connectivity index (χ4n) is 4.01. The third-order valence-electron chi connectivity index (χ3n) is 5.58. The Balaban J connectivity index is 1.22. The highest BCUT2D eigenvalue weighted by Crippen LogP contribution is 2.25. The first-order valence-corrected chi connectivity index (χ1v) is 10.3. The van der Waals surface area contributed by atoms with Crippen molar-refractivity contribution < 1.29 is 4.74 Å². The van der Waals surface area contributed by atoms with Crippen molar-refractivity contribution in [3.05, 3.63) is 65.2 Å². The van der Waals surface area contributed by atoms with E-state index in [2.05, 4.69) is 68.6 Å². The van der Waals surface area contributed by atoms with Crippen LogP contribution in [0, 0.1) is 0 Å². The molecule has 2 aromatic rings. The van der Waals surface area contributed by atoms with Gasteiger partial charge in [-0.3, -0.25) is 9.89 Å². The summed E-state index contributed by atoms with van der Waals surface area (Å²) >= 11 is 0. The van der Waals surface area contributed by atoms with Gasteiger partial charge >= 0.3 is 0 Å². The van der Waals surface area contributed by atoms with E-state index >= 15 is 0 Å². The Morgan fingerprint density at radius 1 is 1.04 bits per heavy atom. The number of nitrogens with one attached hydrogen (secondary N) is 1.